The number of aromatic nitrogens is 1. The van der Waals surface area contributed by atoms with Gasteiger partial charge in [0.25, 0.3) is 0 Å². The maximum atomic E-state index is 13.6. The van der Waals surface area contributed by atoms with E-state index in [2.05, 4.69) is 10.3 Å². The maximum absolute atomic E-state index is 13.6. The quantitative estimate of drug-likeness (QED) is 0.822. The molecule has 0 aliphatic carbocycles. The van der Waals surface area contributed by atoms with Crippen LogP contribution in [0.15, 0.2) is 17.7 Å². The predicted octanol–water partition coefficient (Wildman–Crippen LogP) is 1.95. The van der Waals surface area contributed by atoms with Crippen molar-refractivity contribution in [3.05, 3.63) is 29.1 Å². The van der Waals surface area contributed by atoms with Gasteiger partial charge in [0.2, 0.25) is 5.91 Å². The summed E-state index contributed by atoms with van der Waals surface area (Å²) < 4.78 is 25.6. The van der Waals surface area contributed by atoms with Crippen molar-refractivity contribution >= 4 is 24.9 Å². The normalized spacial score (nSPS) is 19.4. The number of carbonyl (C=O) groups is 1. The Kier molecular flexibility index (Phi) is 5.01. The molecule has 1 aliphatic rings. The third kappa shape index (κ3) is 3.94. The van der Waals surface area contributed by atoms with Crippen LogP contribution < -0.4 is 11.1 Å². The lowest BCUT2D eigenvalue weighted by atomic mass is 9.77. The van der Waals surface area contributed by atoms with Gasteiger partial charge in [-0.3, -0.25) is 4.79 Å². The molecule has 0 saturated carbocycles. The highest BCUT2D eigenvalue weighted by atomic mass is 19.1. The van der Waals surface area contributed by atoms with Gasteiger partial charge in [-0.1, -0.05) is 6.08 Å². The van der Waals surface area contributed by atoms with E-state index >= 15 is 0 Å². The zero-order valence-corrected chi connectivity index (χ0v) is 14.6. The summed E-state index contributed by atoms with van der Waals surface area (Å²) in [5.74, 6) is -0.943. The molecule has 0 bridgehead atoms. The minimum atomic E-state index is -0.650. The third-order valence-electron chi connectivity index (χ3n) is 4.34. The van der Waals surface area contributed by atoms with Crippen LogP contribution in [0.3, 0.4) is 0 Å². The van der Waals surface area contributed by atoms with Gasteiger partial charge in [-0.25, -0.2) is 9.37 Å². The second-order valence-electron chi connectivity index (χ2n) is 6.85. The lowest BCUT2D eigenvalue weighted by Crippen LogP contribution is -2.41. The lowest BCUT2D eigenvalue weighted by Gasteiger charge is -2.32. The molecule has 6 nitrogen and oxygen atoms in total. The van der Waals surface area contributed by atoms with Crippen molar-refractivity contribution in [2.45, 2.75) is 45.8 Å². The molecule has 24 heavy (non-hydrogen) atoms. The van der Waals surface area contributed by atoms with Crippen LogP contribution in [0, 0.1) is 5.82 Å². The van der Waals surface area contributed by atoms with Gasteiger partial charge in [0.1, 0.15) is 0 Å². The molecule has 2 heterocycles. The zero-order chi connectivity index (χ0) is 18.1. The van der Waals surface area contributed by atoms with Gasteiger partial charge in [-0.2, -0.15) is 0 Å². The number of nitrogens with two attached hydrogens (primary N) is 1. The summed E-state index contributed by atoms with van der Waals surface area (Å²) in [5, 5.41) is 2.72. The first kappa shape index (κ1) is 18.4. The first-order valence-electron chi connectivity index (χ1n) is 7.73. The Morgan fingerprint density at radius 1 is 1.38 bits per heavy atom. The van der Waals surface area contributed by atoms with Crippen molar-refractivity contribution in [1.29, 1.82) is 0 Å². The fourth-order valence-electron chi connectivity index (χ4n) is 2.18. The number of carbonyl (C=O) groups excluding carboxylic acids is 1. The molecule has 3 N–H and O–H groups in total. The van der Waals surface area contributed by atoms with Gasteiger partial charge in [-0.05, 0) is 44.8 Å². The number of pyridine rings is 1. The highest BCUT2D eigenvalue weighted by Gasteiger charge is 2.52. The topological polar surface area (TPSA) is 86.5 Å². The second-order valence-corrected chi connectivity index (χ2v) is 6.85. The highest BCUT2D eigenvalue weighted by molar-refractivity contribution is 6.56. The van der Waals surface area contributed by atoms with E-state index in [4.69, 9.17) is 15.0 Å². The molecule has 0 atom stereocenters. The minimum Gasteiger partial charge on any atom is -0.400 e. The molecule has 0 aromatic carbocycles. The first-order valence-corrected chi connectivity index (χ1v) is 7.73. The number of rotatable bonds is 4. The minimum absolute atomic E-state index is 0.161. The number of nitrogens with one attached hydrogen (secondary N) is 1. The van der Waals surface area contributed by atoms with Crippen molar-refractivity contribution < 1.29 is 18.5 Å². The summed E-state index contributed by atoms with van der Waals surface area (Å²) in [6.07, 6.45) is 3.14. The molecule has 130 valence electrons. The van der Waals surface area contributed by atoms with Crippen molar-refractivity contribution in [2.24, 2.45) is 0 Å². The molecule has 0 unspecified atom stereocenters. The Labute approximate surface area is 141 Å². The number of hydrogen-bond donors (Lipinski definition) is 2. The molecule has 0 radical (unpaired) electrons. The summed E-state index contributed by atoms with van der Waals surface area (Å²) in [4.78, 5) is 15.1. The number of amides is 1. The average Bonchev–Trinajstić information content (AvgIpc) is 2.67. The van der Waals surface area contributed by atoms with Crippen molar-refractivity contribution in [2.75, 3.05) is 12.3 Å². The van der Waals surface area contributed by atoms with Gasteiger partial charge in [0, 0.05) is 19.7 Å². The number of hydrogen-bond acceptors (Lipinski definition) is 5. The maximum Gasteiger partial charge on any atom is 0.492 e. The van der Waals surface area contributed by atoms with E-state index in [1.165, 1.54) is 19.2 Å². The molecule has 1 aromatic heterocycles. The predicted molar refractivity (Wildman–Crippen MR) is 91.4 cm³/mol. The Morgan fingerprint density at radius 3 is 2.46 bits per heavy atom. The Bertz CT molecular complexity index is 661. The largest absolute Gasteiger partial charge is 0.492 e. The molecule has 2 rings (SSSR count). The van der Waals surface area contributed by atoms with Crippen LogP contribution in [0.4, 0.5) is 10.2 Å². The molecular formula is C16H23BFN3O3. The highest BCUT2D eigenvalue weighted by Crippen LogP contribution is 2.38. The van der Waals surface area contributed by atoms with Crippen LogP contribution >= 0.6 is 0 Å². The second kappa shape index (κ2) is 6.53. The van der Waals surface area contributed by atoms with Crippen LogP contribution in [0.25, 0.3) is 6.08 Å². The molecule has 1 amide bonds. The van der Waals surface area contributed by atoms with E-state index in [1.54, 1.807) is 6.08 Å². The molecule has 1 aliphatic heterocycles. The molecule has 1 saturated heterocycles. The first-order chi connectivity index (χ1) is 11.0. The van der Waals surface area contributed by atoms with Gasteiger partial charge >= 0.3 is 7.12 Å². The van der Waals surface area contributed by atoms with Crippen LogP contribution in [0.1, 0.15) is 40.2 Å². The van der Waals surface area contributed by atoms with Crippen molar-refractivity contribution in [1.82, 2.24) is 10.3 Å². The van der Waals surface area contributed by atoms with Crippen LogP contribution in [-0.4, -0.2) is 35.8 Å². The van der Waals surface area contributed by atoms with Crippen LogP contribution in [0.5, 0.6) is 0 Å². The number of halogens is 1. The van der Waals surface area contributed by atoms with E-state index in [0.717, 1.165) is 0 Å². The van der Waals surface area contributed by atoms with Crippen molar-refractivity contribution in [3.63, 3.8) is 0 Å². The summed E-state index contributed by atoms with van der Waals surface area (Å²) in [5.41, 5.74) is 5.54. The van der Waals surface area contributed by atoms with Gasteiger partial charge < -0.3 is 20.4 Å². The van der Waals surface area contributed by atoms with Gasteiger partial charge in [-0.15, -0.1) is 0 Å². The van der Waals surface area contributed by atoms with E-state index < -0.39 is 24.1 Å². The summed E-state index contributed by atoms with van der Waals surface area (Å²) in [6.45, 7) is 9.40. The standard InChI is InChI=1S/C16H23BFN3O3/c1-10(22)20-9-12(6-11-7-13(18)14(19)21-8-11)17-23-15(2,3)16(4,5)24-17/h6-8H,9H2,1-5H3,(H2,19,21)(H,20,22). The number of nitrogen functional groups attached to an aromatic ring is 1. The molecule has 1 fully saturated rings. The Morgan fingerprint density at radius 2 is 1.96 bits per heavy atom. The Hall–Kier alpha value is -1.93. The summed E-state index contributed by atoms with van der Waals surface area (Å²) in [6, 6.07) is 1.28. The van der Waals surface area contributed by atoms with Gasteiger partial charge in [0.15, 0.2) is 11.6 Å². The monoisotopic (exact) mass is 335 g/mol. The van der Waals surface area contributed by atoms with E-state index in [1.807, 2.05) is 27.7 Å². The van der Waals surface area contributed by atoms with E-state index in [-0.39, 0.29) is 18.3 Å². The fourth-order valence-corrected chi connectivity index (χ4v) is 2.18. The van der Waals surface area contributed by atoms with Crippen LogP contribution in [0.2, 0.25) is 0 Å². The smallest absolute Gasteiger partial charge is 0.400 e. The Balaban J connectivity index is 2.33. The number of nitrogens with zero attached hydrogens (tertiary/aromatic N) is 1. The fraction of sp³-hybridized carbons (Fsp3) is 0.500. The van der Waals surface area contributed by atoms with Crippen LogP contribution in [-0.2, 0) is 14.1 Å². The van der Waals surface area contributed by atoms with E-state index in [9.17, 15) is 9.18 Å². The third-order valence-corrected chi connectivity index (χ3v) is 4.34. The molecular weight excluding hydrogens is 312 g/mol. The van der Waals surface area contributed by atoms with Gasteiger partial charge in [0.05, 0.1) is 11.2 Å². The number of anilines is 1. The molecule has 8 heteroatoms. The molecule has 1 aromatic rings. The molecule has 0 spiro atoms. The zero-order valence-electron chi connectivity index (χ0n) is 14.6. The average molecular weight is 335 g/mol. The SMILES string of the molecule is CC(=O)NCC(=Cc1cnc(N)c(F)c1)B1OC(C)(C)C(C)(C)O1. The lowest BCUT2D eigenvalue weighted by molar-refractivity contribution is -0.118. The van der Waals surface area contributed by atoms with E-state index in [0.29, 0.717) is 11.0 Å². The summed E-state index contributed by atoms with van der Waals surface area (Å²) >= 11 is 0. The van der Waals surface area contributed by atoms with Crippen molar-refractivity contribution in [3.8, 4) is 0 Å². The summed E-state index contributed by atoms with van der Waals surface area (Å²) in [7, 11) is -0.650.